The van der Waals surface area contributed by atoms with Crippen molar-refractivity contribution in [2.24, 2.45) is 7.05 Å². The predicted octanol–water partition coefficient (Wildman–Crippen LogP) is 3.01. The SMILES string of the molecule is Cn1cnnc1CC1(c2cccc(-c3n[nH]c4ccc(F)cc34)c2)COC1. The fraction of sp³-hybridized carbons (Fsp3) is 0.250. The van der Waals surface area contributed by atoms with Gasteiger partial charge in [0, 0.05) is 29.8 Å². The molecule has 136 valence electrons. The van der Waals surface area contributed by atoms with E-state index in [0.29, 0.717) is 13.2 Å². The molecule has 1 aliphatic rings. The normalized spacial score (nSPS) is 15.8. The molecule has 0 atom stereocenters. The molecule has 3 heterocycles. The summed E-state index contributed by atoms with van der Waals surface area (Å²) in [4.78, 5) is 0. The lowest BCUT2D eigenvalue weighted by Gasteiger charge is -2.41. The molecule has 0 bridgehead atoms. The Morgan fingerprint density at radius 1 is 1.22 bits per heavy atom. The molecule has 1 fully saturated rings. The number of hydrogen-bond donors (Lipinski definition) is 1. The zero-order valence-electron chi connectivity index (χ0n) is 14.8. The van der Waals surface area contributed by atoms with Crippen LogP contribution in [-0.4, -0.2) is 38.2 Å². The minimum absolute atomic E-state index is 0.131. The number of ether oxygens (including phenoxy) is 1. The van der Waals surface area contributed by atoms with Crippen LogP contribution in [0.5, 0.6) is 0 Å². The van der Waals surface area contributed by atoms with Crippen LogP contribution in [-0.2, 0) is 23.6 Å². The maximum atomic E-state index is 13.7. The quantitative estimate of drug-likeness (QED) is 0.605. The van der Waals surface area contributed by atoms with Crippen LogP contribution in [0.2, 0.25) is 0 Å². The van der Waals surface area contributed by atoms with Crippen LogP contribution in [0.25, 0.3) is 22.2 Å². The van der Waals surface area contributed by atoms with Crippen molar-refractivity contribution in [3.8, 4) is 11.3 Å². The second kappa shape index (κ2) is 5.99. The summed E-state index contributed by atoms with van der Waals surface area (Å²) in [7, 11) is 1.95. The molecule has 1 aliphatic heterocycles. The van der Waals surface area contributed by atoms with Gasteiger partial charge in [0.05, 0.1) is 18.7 Å². The third-order valence-corrected chi connectivity index (χ3v) is 5.33. The molecule has 27 heavy (non-hydrogen) atoms. The highest BCUT2D eigenvalue weighted by Gasteiger charge is 2.41. The molecule has 2 aromatic heterocycles. The Balaban J connectivity index is 1.56. The van der Waals surface area contributed by atoms with Gasteiger partial charge in [-0.05, 0) is 29.8 Å². The summed E-state index contributed by atoms with van der Waals surface area (Å²) in [5.74, 6) is 0.656. The minimum atomic E-state index is -0.271. The maximum absolute atomic E-state index is 13.7. The summed E-state index contributed by atoms with van der Waals surface area (Å²) in [6.07, 6.45) is 2.46. The Hall–Kier alpha value is -3.06. The van der Waals surface area contributed by atoms with Gasteiger partial charge in [0.15, 0.2) is 0 Å². The zero-order chi connectivity index (χ0) is 18.4. The topological polar surface area (TPSA) is 68.6 Å². The number of halogens is 1. The maximum Gasteiger partial charge on any atom is 0.133 e. The molecule has 0 aliphatic carbocycles. The molecule has 0 amide bonds. The average Bonchev–Trinajstić information content (AvgIpc) is 3.24. The highest BCUT2D eigenvalue weighted by atomic mass is 19.1. The van der Waals surface area contributed by atoms with Crippen molar-refractivity contribution < 1.29 is 9.13 Å². The molecule has 1 saturated heterocycles. The number of aryl methyl sites for hydroxylation is 1. The van der Waals surface area contributed by atoms with Crippen molar-refractivity contribution >= 4 is 10.9 Å². The number of fused-ring (bicyclic) bond motifs is 1. The molecule has 2 aromatic carbocycles. The van der Waals surface area contributed by atoms with Crippen LogP contribution < -0.4 is 0 Å². The third-order valence-electron chi connectivity index (χ3n) is 5.33. The first-order valence-electron chi connectivity index (χ1n) is 8.80. The second-order valence-electron chi connectivity index (χ2n) is 7.15. The first-order valence-corrected chi connectivity index (χ1v) is 8.80. The first-order chi connectivity index (χ1) is 13.1. The Labute approximate surface area is 155 Å². The molecule has 0 saturated carbocycles. The number of benzene rings is 2. The number of hydrogen-bond acceptors (Lipinski definition) is 4. The number of nitrogens with zero attached hydrogens (tertiary/aromatic N) is 4. The van der Waals surface area contributed by atoms with Crippen LogP contribution in [0, 0.1) is 5.82 Å². The van der Waals surface area contributed by atoms with Crippen molar-refractivity contribution in [2.75, 3.05) is 13.2 Å². The number of H-pyrrole nitrogens is 1. The summed E-state index contributed by atoms with van der Waals surface area (Å²) in [6, 6.07) is 12.9. The van der Waals surface area contributed by atoms with E-state index in [-0.39, 0.29) is 11.2 Å². The fourth-order valence-electron chi connectivity index (χ4n) is 3.69. The summed E-state index contributed by atoms with van der Waals surface area (Å²) in [6.45, 7) is 1.28. The van der Waals surface area contributed by atoms with Crippen LogP contribution in [0.3, 0.4) is 0 Å². The Bertz CT molecular complexity index is 1130. The number of aromatic nitrogens is 5. The smallest absolute Gasteiger partial charge is 0.133 e. The van der Waals surface area contributed by atoms with Gasteiger partial charge in [-0.2, -0.15) is 5.10 Å². The van der Waals surface area contributed by atoms with Crippen LogP contribution in [0.1, 0.15) is 11.4 Å². The van der Waals surface area contributed by atoms with E-state index in [1.54, 1.807) is 12.4 Å². The van der Waals surface area contributed by atoms with E-state index < -0.39 is 0 Å². The van der Waals surface area contributed by atoms with Gasteiger partial charge < -0.3 is 9.30 Å². The molecular formula is C20H18FN5O. The van der Waals surface area contributed by atoms with Crippen molar-refractivity contribution in [1.82, 2.24) is 25.0 Å². The van der Waals surface area contributed by atoms with E-state index in [1.165, 1.54) is 17.7 Å². The van der Waals surface area contributed by atoms with E-state index in [4.69, 9.17) is 4.74 Å². The molecule has 0 spiro atoms. The zero-order valence-corrected chi connectivity index (χ0v) is 14.8. The van der Waals surface area contributed by atoms with Crippen molar-refractivity contribution in [3.63, 3.8) is 0 Å². The number of rotatable bonds is 4. The molecule has 4 aromatic rings. The number of nitrogens with one attached hydrogen (secondary N) is 1. The van der Waals surface area contributed by atoms with E-state index in [1.807, 2.05) is 23.7 Å². The van der Waals surface area contributed by atoms with E-state index >= 15 is 0 Å². The van der Waals surface area contributed by atoms with Gasteiger partial charge >= 0.3 is 0 Å². The Morgan fingerprint density at radius 2 is 2.11 bits per heavy atom. The van der Waals surface area contributed by atoms with E-state index in [2.05, 4.69) is 32.5 Å². The monoisotopic (exact) mass is 363 g/mol. The highest BCUT2D eigenvalue weighted by Crippen LogP contribution is 2.37. The van der Waals surface area contributed by atoms with Crippen molar-refractivity contribution in [3.05, 3.63) is 66.0 Å². The van der Waals surface area contributed by atoms with Gasteiger partial charge in [-0.3, -0.25) is 5.10 Å². The largest absolute Gasteiger partial charge is 0.379 e. The van der Waals surface area contributed by atoms with E-state index in [0.717, 1.165) is 34.4 Å². The fourth-order valence-corrected chi connectivity index (χ4v) is 3.69. The lowest BCUT2D eigenvalue weighted by atomic mass is 9.75. The van der Waals surface area contributed by atoms with Gasteiger partial charge in [0.1, 0.15) is 23.7 Å². The molecule has 0 unspecified atom stereocenters. The lowest BCUT2D eigenvalue weighted by Crippen LogP contribution is -2.49. The second-order valence-corrected chi connectivity index (χ2v) is 7.15. The third kappa shape index (κ3) is 2.62. The van der Waals surface area contributed by atoms with Crippen molar-refractivity contribution in [2.45, 2.75) is 11.8 Å². The van der Waals surface area contributed by atoms with Gasteiger partial charge in [0.2, 0.25) is 0 Å². The lowest BCUT2D eigenvalue weighted by molar-refractivity contribution is -0.0611. The molecule has 7 heteroatoms. The van der Waals surface area contributed by atoms with E-state index in [9.17, 15) is 4.39 Å². The standard InChI is InChI=1S/C20H18FN5O/c1-26-12-22-24-18(26)9-20(10-27-11-20)14-4-2-3-13(7-14)19-16-8-15(21)5-6-17(16)23-25-19/h2-8,12H,9-11H2,1H3,(H,23,25). The molecule has 6 nitrogen and oxygen atoms in total. The van der Waals surface area contributed by atoms with Gasteiger partial charge in [-0.25, -0.2) is 4.39 Å². The van der Waals surface area contributed by atoms with Crippen LogP contribution >= 0.6 is 0 Å². The van der Waals surface area contributed by atoms with Gasteiger partial charge in [-0.1, -0.05) is 18.2 Å². The predicted molar refractivity (Wildman–Crippen MR) is 98.7 cm³/mol. The van der Waals surface area contributed by atoms with Crippen molar-refractivity contribution in [1.29, 1.82) is 0 Å². The summed E-state index contributed by atoms with van der Waals surface area (Å²) in [5.41, 5.74) is 3.56. The average molecular weight is 363 g/mol. The highest BCUT2D eigenvalue weighted by molar-refractivity contribution is 5.92. The first kappa shape index (κ1) is 16.1. The Morgan fingerprint density at radius 3 is 2.85 bits per heavy atom. The molecular weight excluding hydrogens is 345 g/mol. The molecule has 1 N–H and O–H groups in total. The van der Waals surface area contributed by atoms with Gasteiger partial charge in [-0.15, -0.1) is 10.2 Å². The minimum Gasteiger partial charge on any atom is -0.379 e. The van der Waals surface area contributed by atoms with Crippen LogP contribution in [0.4, 0.5) is 4.39 Å². The molecule has 5 rings (SSSR count). The summed E-state index contributed by atoms with van der Waals surface area (Å²) in [5, 5.41) is 16.4. The van der Waals surface area contributed by atoms with Gasteiger partial charge in [0.25, 0.3) is 0 Å². The number of aromatic amines is 1. The summed E-state index contributed by atoms with van der Waals surface area (Å²) >= 11 is 0. The Kier molecular flexibility index (Phi) is 3.58. The van der Waals surface area contributed by atoms with Crippen LogP contribution in [0.15, 0.2) is 48.8 Å². The molecule has 0 radical (unpaired) electrons. The summed E-state index contributed by atoms with van der Waals surface area (Å²) < 4.78 is 21.2.